The highest BCUT2D eigenvalue weighted by atomic mass is 35.5. The number of amides is 1. The smallest absolute Gasteiger partial charge is 0.243 e. The predicted octanol–water partition coefficient (Wildman–Crippen LogP) is 4.07. The maximum atomic E-state index is 12.1. The monoisotopic (exact) mass is 384 g/mol. The van der Waals surface area contributed by atoms with Crippen molar-refractivity contribution in [2.24, 2.45) is 0 Å². The number of hydrogen-bond donors (Lipinski definition) is 2. The second kappa shape index (κ2) is 8.69. The van der Waals surface area contributed by atoms with E-state index >= 15 is 0 Å². The first kappa shape index (κ1) is 19.0. The molecule has 134 valence electrons. The third-order valence-corrected chi connectivity index (χ3v) is 3.85. The number of hydrogen-bond acceptors (Lipinski definition) is 5. The van der Waals surface area contributed by atoms with Crippen LogP contribution in [0.2, 0.25) is 10.0 Å². The van der Waals surface area contributed by atoms with Gasteiger partial charge in [-0.2, -0.15) is 0 Å². The summed E-state index contributed by atoms with van der Waals surface area (Å²) in [5.74, 6) is 1.30. The molecule has 25 heavy (non-hydrogen) atoms. The lowest BCUT2D eigenvalue weighted by Crippen LogP contribution is -2.21. The molecule has 0 saturated heterocycles. The summed E-state index contributed by atoms with van der Waals surface area (Å²) in [5.41, 5.74) is 1.17. The molecule has 0 aliphatic rings. The normalized spacial score (nSPS) is 10.1. The Kier molecular flexibility index (Phi) is 6.61. The summed E-state index contributed by atoms with van der Waals surface area (Å²) >= 11 is 12.1. The molecule has 2 N–H and O–H groups in total. The zero-order chi connectivity index (χ0) is 18.4. The van der Waals surface area contributed by atoms with Crippen molar-refractivity contribution < 1.29 is 19.0 Å². The summed E-state index contributed by atoms with van der Waals surface area (Å²) in [7, 11) is 4.56. The summed E-state index contributed by atoms with van der Waals surface area (Å²) in [6.07, 6.45) is 0. The van der Waals surface area contributed by atoms with Gasteiger partial charge in [0.15, 0.2) is 5.75 Å². The Morgan fingerprint density at radius 2 is 1.44 bits per heavy atom. The summed E-state index contributed by atoms with van der Waals surface area (Å²) in [5, 5.41) is 6.43. The van der Waals surface area contributed by atoms with Crippen LogP contribution in [0.1, 0.15) is 0 Å². The van der Waals surface area contributed by atoms with Crippen LogP contribution >= 0.6 is 23.2 Å². The van der Waals surface area contributed by atoms with Crippen molar-refractivity contribution in [2.75, 3.05) is 38.5 Å². The lowest BCUT2D eigenvalue weighted by Gasteiger charge is -2.12. The van der Waals surface area contributed by atoms with Crippen molar-refractivity contribution in [3.63, 3.8) is 0 Å². The van der Waals surface area contributed by atoms with E-state index in [0.29, 0.717) is 38.7 Å². The second-order valence-corrected chi connectivity index (χ2v) is 5.79. The fraction of sp³-hybridized carbons (Fsp3) is 0.235. The van der Waals surface area contributed by atoms with Gasteiger partial charge in [0.25, 0.3) is 0 Å². The lowest BCUT2D eigenvalue weighted by atomic mass is 10.2. The number of benzene rings is 2. The van der Waals surface area contributed by atoms with Crippen molar-refractivity contribution >= 4 is 40.5 Å². The van der Waals surface area contributed by atoms with Crippen LogP contribution in [0.4, 0.5) is 11.4 Å². The number of anilines is 2. The number of nitrogens with one attached hydrogen (secondary N) is 2. The summed E-state index contributed by atoms with van der Waals surface area (Å²) in [6, 6.07) is 8.38. The van der Waals surface area contributed by atoms with Gasteiger partial charge in [-0.3, -0.25) is 4.79 Å². The summed E-state index contributed by atoms with van der Waals surface area (Å²) in [6.45, 7) is 0.0263. The zero-order valence-electron chi connectivity index (χ0n) is 14.0. The van der Waals surface area contributed by atoms with E-state index in [0.717, 1.165) is 0 Å². The molecular weight excluding hydrogens is 367 g/mol. The molecule has 0 spiro atoms. The largest absolute Gasteiger partial charge is 0.497 e. The number of halogens is 2. The summed E-state index contributed by atoms with van der Waals surface area (Å²) in [4.78, 5) is 12.1. The minimum absolute atomic E-state index is 0.0263. The Hall–Kier alpha value is -2.31. The molecule has 0 radical (unpaired) electrons. The molecule has 0 atom stereocenters. The van der Waals surface area contributed by atoms with Crippen LogP contribution < -0.4 is 24.8 Å². The van der Waals surface area contributed by atoms with E-state index in [2.05, 4.69) is 10.6 Å². The van der Waals surface area contributed by atoms with E-state index in [1.54, 1.807) is 44.6 Å². The molecule has 0 aliphatic heterocycles. The molecule has 8 heteroatoms. The van der Waals surface area contributed by atoms with Gasteiger partial charge in [-0.05, 0) is 12.1 Å². The first-order valence-electron chi connectivity index (χ1n) is 7.26. The van der Waals surface area contributed by atoms with Crippen LogP contribution in [-0.4, -0.2) is 33.8 Å². The van der Waals surface area contributed by atoms with Crippen LogP contribution in [0.5, 0.6) is 17.2 Å². The van der Waals surface area contributed by atoms with E-state index in [9.17, 15) is 4.79 Å². The number of rotatable bonds is 7. The number of carbonyl (C=O) groups excluding carboxylic acids is 1. The quantitative estimate of drug-likeness (QED) is 0.752. The summed E-state index contributed by atoms with van der Waals surface area (Å²) < 4.78 is 15.4. The molecule has 0 unspecified atom stereocenters. The van der Waals surface area contributed by atoms with Crippen LogP contribution in [0.15, 0.2) is 30.3 Å². The minimum atomic E-state index is -0.252. The van der Waals surface area contributed by atoms with Gasteiger partial charge in [0, 0.05) is 29.6 Å². The molecule has 0 aliphatic carbocycles. The molecule has 0 saturated carbocycles. The third-order valence-electron chi connectivity index (χ3n) is 3.29. The Morgan fingerprint density at radius 3 is 1.92 bits per heavy atom. The fourth-order valence-corrected chi connectivity index (χ4v) is 2.77. The standard InChI is InChI=1S/C17H18Cl2N2O4/c1-23-12-4-11(5-13(8-12)24-2)21-16(22)9-20-10-6-14(18)17(25-3)15(19)7-10/h4-8,20H,9H2,1-3H3,(H,21,22). The van der Waals surface area contributed by atoms with E-state index in [-0.39, 0.29) is 12.5 Å². The van der Waals surface area contributed by atoms with Gasteiger partial charge >= 0.3 is 0 Å². The third kappa shape index (κ3) is 5.08. The number of methoxy groups -OCH3 is 3. The van der Waals surface area contributed by atoms with Crippen LogP contribution in [0.25, 0.3) is 0 Å². The van der Waals surface area contributed by atoms with E-state index in [4.69, 9.17) is 37.4 Å². The van der Waals surface area contributed by atoms with E-state index < -0.39 is 0 Å². The lowest BCUT2D eigenvalue weighted by molar-refractivity contribution is -0.114. The molecule has 6 nitrogen and oxygen atoms in total. The highest BCUT2D eigenvalue weighted by Gasteiger charge is 2.10. The van der Waals surface area contributed by atoms with Crippen molar-refractivity contribution in [1.29, 1.82) is 0 Å². The van der Waals surface area contributed by atoms with E-state index in [1.165, 1.54) is 7.11 Å². The van der Waals surface area contributed by atoms with Gasteiger partial charge in [-0.15, -0.1) is 0 Å². The number of ether oxygens (including phenoxy) is 3. The molecule has 2 aromatic carbocycles. The van der Waals surface area contributed by atoms with Gasteiger partial charge in [0.05, 0.1) is 37.9 Å². The highest BCUT2D eigenvalue weighted by molar-refractivity contribution is 6.37. The van der Waals surface area contributed by atoms with Crippen LogP contribution in [0.3, 0.4) is 0 Å². The maximum Gasteiger partial charge on any atom is 0.243 e. The average molecular weight is 385 g/mol. The van der Waals surface area contributed by atoms with Crippen LogP contribution in [0, 0.1) is 0 Å². The maximum absolute atomic E-state index is 12.1. The Bertz CT molecular complexity index is 723. The van der Waals surface area contributed by atoms with Crippen molar-refractivity contribution in [2.45, 2.75) is 0 Å². The van der Waals surface area contributed by atoms with E-state index in [1.807, 2.05) is 0 Å². The topological polar surface area (TPSA) is 68.8 Å². The van der Waals surface area contributed by atoms with Crippen molar-refractivity contribution in [3.05, 3.63) is 40.4 Å². The average Bonchev–Trinajstić information content (AvgIpc) is 2.59. The minimum Gasteiger partial charge on any atom is -0.497 e. The molecule has 0 aromatic heterocycles. The molecular formula is C17H18Cl2N2O4. The first-order valence-corrected chi connectivity index (χ1v) is 8.02. The highest BCUT2D eigenvalue weighted by Crippen LogP contribution is 2.35. The van der Waals surface area contributed by atoms with Crippen molar-refractivity contribution in [1.82, 2.24) is 0 Å². The Balaban J connectivity index is 2.02. The molecule has 2 aromatic rings. The predicted molar refractivity (Wildman–Crippen MR) is 99.7 cm³/mol. The van der Waals surface area contributed by atoms with Crippen molar-refractivity contribution in [3.8, 4) is 17.2 Å². The second-order valence-electron chi connectivity index (χ2n) is 4.98. The molecule has 0 heterocycles. The molecule has 0 bridgehead atoms. The first-order chi connectivity index (χ1) is 12.0. The Morgan fingerprint density at radius 1 is 0.880 bits per heavy atom. The van der Waals surface area contributed by atoms with Gasteiger partial charge < -0.3 is 24.8 Å². The fourth-order valence-electron chi connectivity index (χ4n) is 2.12. The zero-order valence-corrected chi connectivity index (χ0v) is 15.5. The number of carbonyl (C=O) groups is 1. The van der Waals surface area contributed by atoms with Crippen LogP contribution in [-0.2, 0) is 4.79 Å². The molecule has 1 amide bonds. The van der Waals surface area contributed by atoms with Gasteiger partial charge in [-0.1, -0.05) is 23.2 Å². The van der Waals surface area contributed by atoms with Gasteiger partial charge in [-0.25, -0.2) is 0 Å². The van der Waals surface area contributed by atoms with Gasteiger partial charge in [0.1, 0.15) is 11.5 Å². The Labute approximate surface area is 156 Å². The molecule has 2 rings (SSSR count). The SMILES string of the molecule is COc1cc(NC(=O)CNc2cc(Cl)c(OC)c(Cl)c2)cc(OC)c1. The molecule has 0 fully saturated rings. The van der Waals surface area contributed by atoms with Gasteiger partial charge in [0.2, 0.25) is 5.91 Å².